The molecular formula is C14H28F3N3O. The van der Waals surface area contributed by atoms with Crippen LogP contribution in [0.25, 0.3) is 0 Å². The van der Waals surface area contributed by atoms with E-state index < -0.39 is 17.9 Å². The molecule has 126 valence electrons. The van der Waals surface area contributed by atoms with Crippen molar-refractivity contribution in [2.75, 3.05) is 13.1 Å². The molecule has 7 heteroatoms. The molecule has 0 aliphatic rings. The van der Waals surface area contributed by atoms with E-state index >= 15 is 0 Å². The standard InChI is InChI=1S/C14H28F3N3O/c1-2-3-4-5-6-7-8-9-10-19-11-12(13(18)20-21)14(15,16)17/h12,19,21H,2-11H2,1H3,(H2,18,20). The van der Waals surface area contributed by atoms with Crippen LogP contribution in [0.4, 0.5) is 13.2 Å². The molecule has 1 atom stereocenters. The number of nitrogens with one attached hydrogen (secondary N) is 1. The zero-order chi connectivity index (χ0) is 16.1. The van der Waals surface area contributed by atoms with Gasteiger partial charge in [-0.05, 0) is 13.0 Å². The van der Waals surface area contributed by atoms with Gasteiger partial charge in [-0.1, -0.05) is 57.0 Å². The van der Waals surface area contributed by atoms with Gasteiger partial charge in [-0.3, -0.25) is 0 Å². The Hall–Kier alpha value is -0.980. The summed E-state index contributed by atoms with van der Waals surface area (Å²) in [6.45, 7) is 2.34. The summed E-state index contributed by atoms with van der Waals surface area (Å²) in [5, 5.41) is 13.5. The molecule has 0 aliphatic carbocycles. The Morgan fingerprint density at radius 1 is 1.10 bits per heavy atom. The lowest BCUT2D eigenvalue weighted by molar-refractivity contribution is -0.154. The summed E-state index contributed by atoms with van der Waals surface area (Å²) in [7, 11) is 0. The zero-order valence-electron chi connectivity index (χ0n) is 12.8. The molecule has 0 bridgehead atoms. The van der Waals surface area contributed by atoms with Gasteiger partial charge in [0.1, 0.15) is 5.92 Å². The highest BCUT2D eigenvalue weighted by Gasteiger charge is 2.42. The van der Waals surface area contributed by atoms with Crippen molar-refractivity contribution >= 4 is 5.84 Å². The number of rotatable bonds is 12. The SMILES string of the molecule is CCCCCCCCCCNCC(C(N)=NO)C(F)(F)F. The molecule has 0 aromatic rings. The van der Waals surface area contributed by atoms with Crippen LogP contribution < -0.4 is 11.1 Å². The maximum atomic E-state index is 12.6. The first kappa shape index (κ1) is 20.0. The highest BCUT2D eigenvalue weighted by molar-refractivity contribution is 5.83. The molecule has 1 unspecified atom stereocenters. The van der Waals surface area contributed by atoms with Crippen molar-refractivity contribution in [2.24, 2.45) is 16.8 Å². The number of oxime groups is 1. The minimum absolute atomic E-state index is 0.351. The second kappa shape index (κ2) is 11.7. The summed E-state index contributed by atoms with van der Waals surface area (Å²) in [4.78, 5) is 0. The lowest BCUT2D eigenvalue weighted by Crippen LogP contribution is -2.43. The second-order valence-electron chi connectivity index (χ2n) is 5.30. The van der Waals surface area contributed by atoms with Crippen molar-refractivity contribution in [3.8, 4) is 0 Å². The maximum absolute atomic E-state index is 12.6. The van der Waals surface area contributed by atoms with E-state index in [9.17, 15) is 13.2 Å². The molecule has 4 nitrogen and oxygen atoms in total. The average molecular weight is 311 g/mol. The summed E-state index contributed by atoms with van der Waals surface area (Å²) in [6, 6.07) is 0. The average Bonchev–Trinajstić information content (AvgIpc) is 2.42. The van der Waals surface area contributed by atoms with Crippen LogP contribution >= 0.6 is 0 Å². The van der Waals surface area contributed by atoms with E-state index in [1.165, 1.54) is 32.1 Å². The van der Waals surface area contributed by atoms with Crippen molar-refractivity contribution in [1.82, 2.24) is 5.32 Å². The number of nitrogens with zero attached hydrogens (tertiary/aromatic N) is 1. The van der Waals surface area contributed by atoms with Crippen LogP contribution in [0.1, 0.15) is 58.3 Å². The number of nitrogens with two attached hydrogens (primary N) is 1. The normalized spacial score (nSPS) is 14.4. The van der Waals surface area contributed by atoms with E-state index in [2.05, 4.69) is 17.4 Å². The summed E-state index contributed by atoms with van der Waals surface area (Å²) in [6.07, 6.45) is 4.67. The summed E-state index contributed by atoms with van der Waals surface area (Å²) < 4.78 is 37.9. The van der Waals surface area contributed by atoms with Crippen molar-refractivity contribution in [3.63, 3.8) is 0 Å². The predicted octanol–water partition coefficient (Wildman–Crippen LogP) is 3.64. The molecule has 0 aromatic carbocycles. The largest absolute Gasteiger partial charge is 0.409 e. The van der Waals surface area contributed by atoms with E-state index in [4.69, 9.17) is 10.9 Å². The molecule has 0 radical (unpaired) electrons. The number of unbranched alkanes of at least 4 members (excludes halogenated alkanes) is 7. The Balaban J connectivity index is 3.64. The van der Waals surface area contributed by atoms with Gasteiger partial charge in [0.15, 0.2) is 5.84 Å². The Labute approximate surface area is 125 Å². The highest BCUT2D eigenvalue weighted by atomic mass is 19.4. The maximum Gasteiger partial charge on any atom is 0.400 e. The topological polar surface area (TPSA) is 70.6 Å². The molecule has 0 rings (SSSR count). The van der Waals surface area contributed by atoms with Gasteiger partial charge in [-0.2, -0.15) is 13.2 Å². The Kier molecular flexibility index (Phi) is 11.1. The second-order valence-corrected chi connectivity index (χ2v) is 5.30. The van der Waals surface area contributed by atoms with Gasteiger partial charge in [0.05, 0.1) is 0 Å². The Bertz CT molecular complexity index is 283. The molecular weight excluding hydrogens is 283 g/mol. The fourth-order valence-electron chi connectivity index (χ4n) is 2.09. The molecule has 0 spiro atoms. The van der Waals surface area contributed by atoms with E-state index in [-0.39, 0.29) is 6.54 Å². The van der Waals surface area contributed by atoms with Crippen LogP contribution in [0.15, 0.2) is 5.16 Å². The van der Waals surface area contributed by atoms with Crippen molar-refractivity contribution in [1.29, 1.82) is 0 Å². The van der Waals surface area contributed by atoms with Crippen molar-refractivity contribution < 1.29 is 18.4 Å². The van der Waals surface area contributed by atoms with E-state index in [0.29, 0.717) is 6.54 Å². The predicted molar refractivity (Wildman–Crippen MR) is 78.4 cm³/mol. The molecule has 0 saturated carbocycles. The van der Waals surface area contributed by atoms with Crippen LogP contribution in [0.2, 0.25) is 0 Å². The highest BCUT2D eigenvalue weighted by Crippen LogP contribution is 2.25. The van der Waals surface area contributed by atoms with Crippen LogP contribution in [0.3, 0.4) is 0 Å². The van der Waals surface area contributed by atoms with Gasteiger partial charge in [0, 0.05) is 6.54 Å². The summed E-state index contributed by atoms with van der Waals surface area (Å²) >= 11 is 0. The quantitative estimate of drug-likeness (QED) is 0.169. The van der Waals surface area contributed by atoms with Crippen LogP contribution in [-0.4, -0.2) is 30.3 Å². The summed E-state index contributed by atoms with van der Waals surface area (Å²) in [5.74, 6) is -2.73. The van der Waals surface area contributed by atoms with Crippen LogP contribution in [0.5, 0.6) is 0 Å². The smallest absolute Gasteiger partial charge is 0.400 e. The lowest BCUT2D eigenvalue weighted by Gasteiger charge is -2.19. The third-order valence-electron chi connectivity index (χ3n) is 3.42. The fraction of sp³-hybridized carbons (Fsp3) is 0.929. The first-order valence-electron chi connectivity index (χ1n) is 7.68. The first-order valence-corrected chi connectivity index (χ1v) is 7.68. The number of alkyl halides is 3. The number of amidine groups is 1. The van der Waals surface area contributed by atoms with E-state index in [0.717, 1.165) is 19.3 Å². The summed E-state index contributed by atoms with van der Waals surface area (Å²) in [5.41, 5.74) is 5.06. The zero-order valence-corrected chi connectivity index (χ0v) is 12.8. The molecule has 0 amide bonds. The van der Waals surface area contributed by atoms with Gasteiger partial charge in [-0.25, -0.2) is 0 Å². The van der Waals surface area contributed by atoms with Gasteiger partial charge in [0.25, 0.3) is 0 Å². The van der Waals surface area contributed by atoms with Crippen molar-refractivity contribution in [3.05, 3.63) is 0 Å². The molecule has 0 saturated heterocycles. The Morgan fingerprint density at radius 3 is 2.10 bits per heavy atom. The third kappa shape index (κ3) is 10.4. The number of hydrogen-bond acceptors (Lipinski definition) is 3. The van der Waals surface area contributed by atoms with E-state index in [1.807, 2.05) is 0 Å². The van der Waals surface area contributed by atoms with E-state index in [1.54, 1.807) is 0 Å². The minimum Gasteiger partial charge on any atom is -0.409 e. The number of hydrogen-bond donors (Lipinski definition) is 3. The Morgan fingerprint density at radius 2 is 1.62 bits per heavy atom. The van der Waals surface area contributed by atoms with Crippen LogP contribution in [-0.2, 0) is 0 Å². The molecule has 0 fully saturated rings. The van der Waals surface area contributed by atoms with Crippen LogP contribution in [0, 0.1) is 5.92 Å². The fourth-order valence-corrected chi connectivity index (χ4v) is 2.09. The van der Waals surface area contributed by atoms with Gasteiger partial charge >= 0.3 is 6.18 Å². The van der Waals surface area contributed by atoms with Crippen molar-refractivity contribution in [2.45, 2.75) is 64.5 Å². The minimum atomic E-state index is -4.50. The van der Waals surface area contributed by atoms with Gasteiger partial charge in [0.2, 0.25) is 0 Å². The van der Waals surface area contributed by atoms with Gasteiger partial charge < -0.3 is 16.3 Å². The molecule has 0 aliphatic heterocycles. The lowest BCUT2D eigenvalue weighted by atomic mass is 10.1. The molecule has 0 aromatic heterocycles. The third-order valence-corrected chi connectivity index (χ3v) is 3.42. The molecule has 21 heavy (non-hydrogen) atoms. The molecule has 4 N–H and O–H groups in total. The number of halogens is 3. The molecule has 0 heterocycles. The first-order chi connectivity index (χ1) is 9.93. The van der Waals surface area contributed by atoms with Gasteiger partial charge in [-0.15, -0.1) is 0 Å². The monoisotopic (exact) mass is 311 g/mol.